The van der Waals surface area contributed by atoms with Gasteiger partial charge in [-0.15, -0.1) is 11.3 Å². The molecule has 0 saturated carbocycles. The molecule has 2 aromatic carbocycles. The lowest BCUT2D eigenvalue weighted by Crippen LogP contribution is -2.32. The van der Waals surface area contributed by atoms with Crippen molar-refractivity contribution in [1.29, 1.82) is 0 Å². The van der Waals surface area contributed by atoms with Crippen LogP contribution in [0.25, 0.3) is 10.9 Å². The van der Waals surface area contributed by atoms with E-state index in [9.17, 15) is 18.0 Å². The number of Topliss-reactive ketones (excluding diaryl/α,β-unsaturated/α-hetero) is 1. The van der Waals surface area contributed by atoms with Gasteiger partial charge in [-0.05, 0) is 30.5 Å². The molecule has 0 aliphatic carbocycles. The van der Waals surface area contributed by atoms with E-state index in [2.05, 4.69) is 9.97 Å². The Kier molecular flexibility index (Phi) is 8.88. The first-order chi connectivity index (χ1) is 18.1. The molecule has 0 radical (unpaired) electrons. The van der Waals surface area contributed by atoms with E-state index in [1.54, 1.807) is 17.0 Å². The number of sulfonamides is 1. The topological polar surface area (TPSA) is 101 Å². The Morgan fingerprint density at radius 3 is 2.45 bits per heavy atom. The smallest absolute Gasteiger partial charge is 0.255 e. The van der Waals surface area contributed by atoms with Crippen molar-refractivity contribution < 1.29 is 18.0 Å². The Morgan fingerprint density at radius 2 is 1.71 bits per heavy atom. The summed E-state index contributed by atoms with van der Waals surface area (Å²) < 4.78 is 25.3. The van der Waals surface area contributed by atoms with Crippen molar-refractivity contribution in [3.8, 4) is 0 Å². The van der Waals surface area contributed by atoms with E-state index in [1.165, 1.54) is 36.4 Å². The summed E-state index contributed by atoms with van der Waals surface area (Å²) in [5.41, 5.74) is 2.30. The lowest BCUT2D eigenvalue weighted by molar-refractivity contribution is 0.0743. The molecule has 0 saturated heterocycles. The van der Waals surface area contributed by atoms with Crippen LogP contribution in [-0.4, -0.2) is 65.7 Å². The standard InChI is InChI=1S/C27H27ClN4O4S2/c1-31(2)38(35,36)18-24(33)23-17-37-26(30-23)16-32(14-8-11-19-9-4-3-5-10-19)27(34)21-15-25(28)29-22-13-7-6-12-20(21)22/h3-7,9-10,12-13,15,17H,8,11,14,16,18H2,1-2H3. The number of amides is 1. The number of thiazole rings is 1. The molecule has 0 fully saturated rings. The number of ketones is 1. The minimum Gasteiger partial charge on any atom is -0.332 e. The lowest BCUT2D eigenvalue weighted by Gasteiger charge is -2.23. The van der Waals surface area contributed by atoms with E-state index >= 15 is 0 Å². The summed E-state index contributed by atoms with van der Waals surface area (Å²) in [5.74, 6) is -1.48. The monoisotopic (exact) mass is 570 g/mol. The highest BCUT2D eigenvalue weighted by molar-refractivity contribution is 7.89. The minimum absolute atomic E-state index is 0.0736. The lowest BCUT2D eigenvalue weighted by atomic mass is 10.1. The second-order valence-corrected chi connectivity index (χ2v) is 12.4. The van der Waals surface area contributed by atoms with Crippen molar-refractivity contribution in [1.82, 2.24) is 19.2 Å². The predicted molar refractivity (Wildman–Crippen MR) is 150 cm³/mol. The van der Waals surface area contributed by atoms with Crippen molar-refractivity contribution >= 4 is 55.6 Å². The summed E-state index contributed by atoms with van der Waals surface area (Å²) >= 11 is 7.47. The van der Waals surface area contributed by atoms with Crippen LogP contribution >= 0.6 is 22.9 Å². The van der Waals surface area contributed by atoms with Gasteiger partial charge in [0, 0.05) is 31.4 Å². The molecule has 8 nitrogen and oxygen atoms in total. The van der Waals surface area contributed by atoms with E-state index in [4.69, 9.17) is 11.6 Å². The SMILES string of the molecule is CN(C)S(=O)(=O)CC(=O)c1csc(CN(CCCc2ccccc2)C(=O)c2cc(Cl)nc3ccccc23)n1. The maximum absolute atomic E-state index is 13.8. The summed E-state index contributed by atoms with van der Waals surface area (Å²) in [6.07, 6.45) is 1.50. The van der Waals surface area contributed by atoms with Gasteiger partial charge in [0.1, 0.15) is 21.6 Å². The number of halogens is 1. The number of aryl methyl sites for hydroxylation is 1. The van der Waals surface area contributed by atoms with Gasteiger partial charge in [0.05, 0.1) is 17.6 Å². The molecule has 0 aliphatic rings. The second kappa shape index (κ2) is 12.1. The van der Waals surface area contributed by atoms with E-state index in [0.29, 0.717) is 34.4 Å². The molecule has 38 heavy (non-hydrogen) atoms. The Labute approximate surface area is 230 Å². The maximum Gasteiger partial charge on any atom is 0.255 e. The van der Waals surface area contributed by atoms with Crippen LogP contribution in [0.1, 0.15) is 37.8 Å². The first-order valence-corrected chi connectivity index (χ1v) is 14.8. The summed E-state index contributed by atoms with van der Waals surface area (Å²) in [4.78, 5) is 36.8. The highest BCUT2D eigenvalue weighted by atomic mass is 35.5. The van der Waals surface area contributed by atoms with Crippen LogP contribution in [0.4, 0.5) is 0 Å². The summed E-state index contributed by atoms with van der Waals surface area (Å²) in [6, 6.07) is 18.9. The first-order valence-electron chi connectivity index (χ1n) is 11.9. The number of pyridine rings is 1. The Morgan fingerprint density at radius 1 is 1.00 bits per heavy atom. The van der Waals surface area contributed by atoms with Crippen LogP contribution in [0.15, 0.2) is 66.0 Å². The fraction of sp³-hybridized carbons (Fsp3) is 0.259. The molecule has 2 heterocycles. The van der Waals surface area contributed by atoms with Gasteiger partial charge in [-0.3, -0.25) is 9.59 Å². The number of benzene rings is 2. The molecular weight excluding hydrogens is 544 g/mol. The van der Waals surface area contributed by atoms with Gasteiger partial charge in [-0.1, -0.05) is 60.1 Å². The van der Waals surface area contributed by atoms with Gasteiger partial charge >= 0.3 is 0 Å². The number of carbonyl (C=O) groups is 2. The van der Waals surface area contributed by atoms with Crippen LogP contribution in [0.5, 0.6) is 0 Å². The van der Waals surface area contributed by atoms with Crippen LogP contribution < -0.4 is 0 Å². The number of aromatic nitrogens is 2. The molecule has 4 rings (SSSR count). The van der Waals surface area contributed by atoms with Crippen molar-refractivity contribution in [2.75, 3.05) is 26.4 Å². The highest BCUT2D eigenvalue weighted by Crippen LogP contribution is 2.24. The molecule has 11 heteroatoms. The molecule has 4 aromatic rings. The van der Waals surface area contributed by atoms with Crippen molar-refractivity contribution in [2.24, 2.45) is 0 Å². The Balaban J connectivity index is 1.58. The van der Waals surface area contributed by atoms with E-state index in [-0.39, 0.29) is 23.3 Å². The third-order valence-electron chi connectivity index (χ3n) is 5.97. The highest BCUT2D eigenvalue weighted by Gasteiger charge is 2.24. The molecular formula is C27H27ClN4O4S2. The predicted octanol–water partition coefficient (Wildman–Crippen LogP) is 4.69. The number of nitrogens with zero attached hydrogens (tertiary/aromatic N) is 4. The zero-order valence-electron chi connectivity index (χ0n) is 21.0. The molecule has 0 bridgehead atoms. The number of para-hydroxylation sites is 1. The fourth-order valence-electron chi connectivity index (χ4n) is 3.91. The number of hydrogen-bond acceptors (Lipinski definition) is 7. The second-order valence-electron chi connectivity index (χ2n) is 8.91. The third kappa shape index (κ3) is 6.82. The van der Waals surface area contributed by atoms with Crippen molar-refractivity contribution in [3.63, 3.8) is 0 Å². The van der Waals surface area contributed by atoms with Gasteiger partial charge in [0.25, 0.3) is 5.91 Å². The normalized spacial score (nSPS) is 11.7. The third-order valence-corrected chi connectivity index (χ3v) is 8.74. The molecule has 0 atom stereocenters. The molecule has 0 aliphatic heterocycles. The van der Waals surface area contributed by atoms with E-state index in [1.807, 2.05) is 48.5 Å². The van der Waals surface area contributed by atoms with Crippen LogP contribution in [0.3, 0.4) is 0 Å². The van der Waals surface area contributed by atoms with Crippen molar-refractivity contribution in [3.05, 3.63) is 93.0 Å². The molecule has 0 spiro atoms. The van der Waals surface area contributed by atoms with Crippen molar-refractivity contribution in [2.45, 2.75) is 19.4 Å². The molecule has 2 aromatic heterocycles. The van der Waals surface area contributed by atoms with Gasteiger partial charge in [0.2, 0.25) is 10.0 Å². The molecule has 0 unspecified atom stereocenters. The van der Waals surface area contributed by atoms with E-state index in [0.717, 1.165) is 10.7 Å². The first kappa shape index (κ1) is 27.8. The number of hydrogen-bond donors (Lipinski definition) is 0. The molecule has 1 amide bonds. The quantitative estimate of drug-likeness (QED) is 0.191. The summed E-state index contributed by atoms with van der Waals surface area (Å²) in [7, 11) is -0.951. The van der Waals surface area contributed by atoms with Crippen LogP contribution in [0, 0.1) is 0 Å². The largest absolute Gasteiger partial charge is 0.332 e. The van der Waals surface area contributed by atoms with Gasteiger partial charge in [0.15, 0.2) is 5.78 Å². The number of carbonyl (C=O) groups excluding carboxylic acids is 2. The zero-order chi connectivity index (χ0) is 27.3. The number of fused-ring (bicyclic) bond motifs is 1. The summed E-state index contributed by atoms with van der Waals surface area (Å²) in [5, 5.41) is 2.99. The average Bonchev–Trinajstić information content (AvgIpc) is 3.36. The average molecular weight is 571 g/mol. The van der Waals surface area contributed by atoms with Gasteiger partial charge in [-0.25, -0.2) is 22.7 Å². The van der Waals surface area contributed by atoms with Crippen LogP contribution in [-0.2, 0) is 23.0 Å². The Bertz CT molecular complexity index is 1560. The fourth-order valence-corrected chi connectivity index (χ4v) is 5.66. The molecule has 0 N–H and O–H groups in total. The maximum atomic E-state index is 13.8. The summed E-state index contributed by atoms with van der Waals surface area (Å²) in [6.45, 7) is 0.611. The van der Waals surface area contributed by atoms with Gasteiger partial charge < -0.3 is 4.90 Å². The molecule has 198 valence electrons. The van der Waals surface area contributed by atoms with Gasteiger partial charge in [-0.2, -0.15) is 0 Å². The zero-order valence-corrected chi connectivity index (χ0v) is 23.4. The van der Waals surface area contributed by atoms with Crippen LogP contribution in [0.2, 0.25) is 5.15 Å². The minimum atomic E-state index is -3.71. The Hall–Kier alpha value is -3.18. The van der Waals surface area contributed by atoms with E-state index < -0.39 is 21.6 Å². The number of rotatable bonds is 11.